The number of nitrogens with zero attached hydrogens (tertiary/aromatic N) is 3. The molecule has 0 radical (unpaired) electrons. The van der Waals surface area contributed by atoms with E-state index in [2.05, 4.69) is 15.5 Å². The number of aromatic amines is 1. The average Bonchev–Trinajstić information content (AvgIpc) is 3.07. The number of benzene rings is 1. The van der Waals surface area contributed by atoms with Gasteiger partial charge < -0.3 is 14.8 Å². The van der Waals surface area contributed by atoms with E-state index in [9.17, 15) is 9.59 Å². The minimum atomic E-state index is -0.171. The summed E-state index contributed by atoms with van der Waals surface area (Å²) in [4.78, 5) is 27.1. The zero-order valence-corrected chi connectivity index (χ0v) is 17.2. The van der Waals surface area contributed by atoms with Crippen LogP contribution in [0.4, 0.5) is 0 Å². The highest BCUT2D eigenvalue weighted by Crippen LogP contribution is 2.19. The fourth-order valence-corrected chi connectivity index (χ4v) is 3.84. The second kappa shape index (κ2) is 9.14. The third-order valence-corrected chi connectivity index (χ3v) is 5.49. The minimum absolute atomic E-state index is 0.00131. The zero-order valence-electron chi connectivity index (χ0n) is 16.4. The summed E-state index contributed by atoms with van der Waals surface area (Å²) >= 11 is 5.18. The van der Waals surface area contributed by atoms with Crippen molar-refractivity contribution in [3.8, 4) is 0 Å². The molecule has 3 rings (SSSR count). The van der Waals surface area contributed by atoms with E-state index in [1.54, 1.807) is 4.90 Å². The molecule has 8 heteroatoms. The number of carbonyl (C=O) groups is 2. The highest BCUT2D eigenvalue weighted by Gasteiger charge is 2.28. The first-order valence-corrected chi connectivity index (χ1v) is 10.2. The molecule has 0 aliphatic carbocycles. The van der Waals surface area contributed by atoms with E-state index in [0.717, 1.165) is 30.8 Å². The molecule has 1 fully saturated rings. The first-order valence-electron chi connectivity index (χ1n) is 9.77. The number of aromatic nitrogens is 3. The maximum absolute atomic E-state index is 12.7. The third-order valence-electron chi connectivity index (χ3n) is 5.18. The average molecular weight is 402 g/mol. The third kappa shape index (κ3) is 4.67. The van der Waals surface area contributed by atoms with Gasteiger partial charge in [-0.15, -0.1) is 0 Å². The molecular formula is C20H27N5O2S. The van der Waals surface area contributed by atoms with E-state index in [-0.39, 0.29) is 17.7 Å². The molecule has 1 aliphatic heterocycles. The molecule has 0 spiro atoms. The Morgan fingerprint density at radius 2 is 2.07 bits per heavy atom. The molecule has 1 atom stereocenters. The smallest absolute Gasteiger partial charge is 0.253 e. The van der Waals surface area contributed by atoms with Gasteiger partial charge in [0, 0.05) is 38.2 Å². The number of likely N-dealkylation sites (tertiary alicyclic amines) is 1. The molecule has 1 unspecified atom stereocenters. The van der Waals surface area contributed by atoms with Crippen LogP contribution >= 0.6 is 12.2 Å². The molecule has 0 bridgehead atoms. The van der Waals surface area contributed by atoms with Crippen LogP contribution in [0.2, 0.25) is 0 Å². The fraction of sp³-hybridized carbons (Fsp3) is 0.500. The number of carbonyl (C=O) groups excluding carboxylic acids is 2. The second-order valence-corrected chi connectivity index (χ2v) is 7.57. The molecule has 2 amide bonds. The maximum atomic E-state index is 12.7. The van der Waals surface area contributed by atoms with Crippen molar-refractivity contribution in [1.82, 2.24) is 25.0 Å². The zero-order chi connectivity index (χ0) is 20.1. The number of hydrogen-bond acceptors (Lipinski definition) is 4. The summed E-state index contributed by atoms with van der Waals surface area (Å²) in [6.07, 6.45) is 2.26. The van der Waals surface area contributed by atoms with Gasteiger partial charge in [-0.1, -0.05) is 17.7 Å². The van der Waals surface area contributed by atoms with Crippen LogP contribution in [0.5, 0.6) is 0 Å². The van der Waals surface area contributed by atoms with Crippen LogP contribution in [-0.4, -0.2) is 51.1 Å². The number of rotatable bonds is 6. The SMILES string of the molecule is CCn1c(CCNC(=O)C2CCCN(C(=O)c3ccc(C)cc3)C2)n[nH]c1=S. The molecule has 1 aromatic carbocycles. The van der Waals surface area contributed by atoms with E-state index in [0.29, 0.717) is 36.4 Å². The lowest BCUT2D eigenvalue weighted by molar-refractivity contribution is -0.126. The highest BCUT2D eigenvalue weighted by molar-refractivity contribution is 7.71. The predicted molar refractivity (Wildman–Crippen MR) is 110 cm³/mol. The molecular weight excluding hydrogens is 374 g/mol. The summed E-state index contributed by atoms with van der Waals surface area (Å²) in [6, 6.07) is 7.57. The molecule has 1 saturated heterocycles. The Hall–Kier alpha value is -2.48. The standard InChI is InChI=1S/C20H27N5O2S/c1-3-25-17(22-23-20(25)28)10-11-21-18(26)16-5-4-12-24(13-16)19(27)15-8-6-14(2)7-9-15/h6-9,16H,3-5,10-13H2,1-2H3,(H,21,26)(H,23,28). The van der Waals surface area contributed by atoms with E-state index in [1.165, 1.54) is 0 Å². The predicted octanol–water partition coefficient (Wildman–Crippen LogP) is 2.48. The van der Waals surface area contributed by atoms with Gasteiger partial charge in [0.2, 0.25) is 5.91 Å². The van der Waals surface area contributed by atoms with Gasteiger partial charge in [0.05, 0.1) is 5.92 Å². The molecule has 2 aromatic rings. The Kier molecular flexibility index (Phi) is 6.61. The van der Waals surface area contributed by atoms with Gasteiger partial charge in [0.15, 0.2) is 4.77 Å². The summed E-state index contributed by atoms with van der Waals surface area (Å²) in [5.41, 5.74) is 1.80. The largest absolute Gasteiger partial charge is 0.355 e. The van der Waals surface area contributed by atoms with Crippen molar-refractivity contribution in [1.29, 1.82) is 0 Å². The molecule has 2 heterocycles. The van der Waals surface area contributed by atoms with Crippen molar-refractivity contribution < 1.29 is 9.59 Å². The molecule has 150 valence electrons. The van der Waals surface area contributed by atoms with Crippen molar-refractivity contribution in [3.63, 3.8) is 0 Å². The fourth-order valence-electron chi connectivity index (χ4n) is 3.56. The number of amides is 2. The molecule has 28 heavy (non-hydrogen) atoms. The van der Waals surface area contributed by atoms with Gasteiger partial charge in [-0.2, -0.15) is 5.10 Å². The molecule has 0 saturated carbocycles. The van der Waals surface area contributed by atoms with E-state index < -0.39 is 0 Å². The number of hydrogen-bond donors (Lipinski definition) is 2. The quantitative estimate of drug-likeness (QED) is 0.729. The topological polar surface area (TPSA) is 83.0 Å². The van der Waals surface area contributed by atoms with Gasteiger partial charge in [0.25, 0.3) is 5.91 Å². The first-order chi connectivity index (χ1) is 13.5. The van der Waals surface area contributed by atoms with Crippen molar-refractivity contribution in [2.45, 2.75) is 39.7 Å². The molecule has 2 N–H and O–H groups in total. The summed E-state index contributed by atoms with van der Waals surface area (Å²) in [6.45, 7) is 6.41. The number of piperidine rings is 1. The van der Waals surface area contributed by atoms with Crippen molar-refractivity contribution in [2.75, 3.05) is 19.6 Å². The first kappa shape index (κ1) is 20.3. The van der Waals surface area contributed by atoms with Gasteiger partial charge in [-0.3, -0.25) is 14.7 Å². The van der Waals surface area contributed by atoms with Crippen LogP contribution in [0.1, 0.15) is 41.5 Å². The van der Waals surface area contributed by atoms with Crippen molar-refractivity contribution in [2.24, 2.45) is 5.92 Å². The minimum Gasteiger partial charge on any atom is -0.355 e. The van der Waals surface area contributed by atoms with Crippen molar-refractivity contribution >= 4 is 24.0 Å². The Morgan fingerprint density at radius 3 is 2.79 bits per heavy atom. The van der Waals surface area contributed by atoms with Crippen LogP contribution in [0.15, 0.2) is 24.3 Å². The maximum Gasteiger partial charge on any atom is 0.253 e. The van der Waals surface area contributed by atoms with Gasteiger partial charge in [0.1, 0.15) is 5.82 Å². The summed E-state index contributed by atoms with van der Waals surface area (Å²) in [5.74, 6) is 0.664. The Bertz CT molecular complexity index is 887. The lowest BCUT2D eigenvalue weighted by Crippen LogP contribution is -2.45. The van der Waals surface area contributed by atoms with Gasteiger partial charge in [-0.05, 0) is 51.0 Å². The summed E-state index contributed by atoms with van der Waals surface area (Å²) in [7, 11) is 0. The summed E-state index contributed by atoms with van der Waals surface area (Å²) in [5, 5.41) is 9.99. The van der Waals surface area contributed by atoms with Gasteiger partial charge >= 0.3 is 0 Å². The van der Waals surface area contributed by atoms with Crippen LogP contribution in [-0.2, 0) is 17.8 Å². The molecule has 7 nitrogen and oxygen atoms in total. The number of H-pyrrole nitrogens is 1. The van der Waals surface area contributed by atoms with Crippen LogP contribution < -0.4 is 5.32 Å². The van der Waals surface area contributed by atoms with E-state index >= 15 is 0 Å². The van der Waals surface area contributed by atoms with E-state index in [4.69, 9.17) is 12.2 Å². The molecule has 1 aliphatic rings. The second-order valence-electron chi connectivity index (χ2n) is 7.19. The molecule has 1 aromatic heterocycles. The lowest BCUT2D eigenvalue weighted by atomic mass is 9.96. The summed E-state index contributed by atoms with van der Waals surface area (Å²) < 4.78 is 2.52. The number of aryl methyl sites for hydroxylation is 1. The lowest BCUT2D eigenvalue weighted by Gasteiger charge is -2.32. The Balaban J connectivity index is 1.53. The number of nitrogens with one attached hydrogen (secondary N) is 2. The van der Waals surface area contributed by atoms with Crippen LogP contribution in [0.3, 0.4) is 0 Å². The van der Waals surface area contributed by atoms with Crippen molar-refractivity contribution in [3.05, 3.63) is 46.0 Å². The van der Waals surface area contributed by atoms with Crippen LogP contribution in [0, 0.1) is 17.6 Å². The van der Waals surface area contributed by atoms with Crippen LogP contribution in [0.25, 0.3) is 0 Å². The van der Waals surface area contributed by atoms with Gasteiger partial charge in [-0.25, -0.2) is 0 Å². The Labute approximate surface area is 170 Å². The Morgan fingerprint density at radius 1 is 1.32 bits per heavy atom. The normalized spacial score (nSPS) is 16.8. The monoisotopic (exact) mass is 401 g/mol. The van der Waals surface area contributed by atoms with E-state index in [1.807, 2.05) is 42.7 Å². The highest BCUT2D eigenvalue weighted by atomic mass is 32.1.